The molecule has 6 unspecified atom stereocenters. The van der Waals surface area contributed by atoms with Gasteiger partial charge in [0.05, 0.1) is 57.2 Å². The summed E-state index contributed by atoms with van der Waals surface area (Å²) >= 11 is 0. The van der Waals surface area contributed by atoms with Gasteiger partial charge in [0.2, 0.25) is 0 Å². The van der Waals surface area contributed by atoms with Gasteiger partial charge < -0.3 is 28.0 Å². The molecule has 1 fully saturated rings. The standard InChI is InChI=1S/C30H45N2O7P/c1-8-9-17-34-21-27-24(6)25(7)28(39-29(33)26-14-11-10-12-15-26)30(38-27)35-19-20-37-40(36-18-13-16-31)32(22(2)3)23(4)5/h1,10-12,14-15,22-25,27-28,30H,9,13,17-21H2,2-7H3. The largest absolute Gasteiger partial charge is 0.453 e. The fraction of sp³-hybridized carbons (Fsp3) is 0.667. The van der Waals surface area contributed by atoms with Gasteiger partial charge in [0.1, 0.15) is 0 Å². The van der Waals surface area contributed by atoms with Crippen molar-refractivity contribution in [3.05, 3.63) is 35.9 Å². The molecule has 2 rings (SSSR count). The van der Waals surface area contributed by atoms with Crippen molar-refractivity contribution in [2.75, 3.05) is 33.0 Å². The molecule has 1 aromatic rings. The minimum Gasteiger partial charge on any atom is -0.453 e. The normalized spacial score (nSPS) is 23.6. The molecule has 10 heteroatoms. The molecule has 6 atom stereocenters. The zero-order valence-corrected chi connectivity index (χ0v) is 25.5. The van der Waals surface area contributed by atoms with Crippen LogP contribution in [0.5, 0.6) is 0 Å². The van der Waals surface area contributed by atoms with E-state index in [0.717, 1.165) is 0 Å². The molecule has 0 aromatic heterocycles. The second-order valence-electron chi connectivity index (χ2n) is 10.3. The van der Waals surface area contributed by atoms with E-state index in [1.54, 1.807) is 24.3 Å². The lowest BCUT2D eigenvalue weighted by molar-refractivity contribution is -0.277. The summed E-state index contributed by atoms with van der Waals surface area (Å²) < 4.78 is 38.4. The van der Waals surface area contributed by atoms with E-state index in [1.807, 2.05) is 13.0 Å². The Hall–Kier alpha value is -2.07. The lowest BCUT2D eigenvalue weighted by atomic mass is 9.83. The Kier molecular flexibility index (Phi) is 15.7. The van der Waals surface area contributed by atoms with Gasteiger partial charge in [-0.3, -0.25) is 0 Å². The summed E-state index contributed by atoms with van der Waals surface area (Å²) in [6, 6.07) is 11.4. The first kappa shape index (κ1) is 34.1. The van der Waals surface area contributed by atoms with Gasteiger partial charge in [-0.25, -0.2) is 9.46 Å². The lowest BCUT2D eigenvalue weighted by Gasteiger charge is -2.43. The highest BCUT2D eigenvalue weighted by Crippen LogP contribution is 2.46. The van der Waals surface area contributed by atoms with Crippen LogP contribution in [0.1, 0.15) is 64.7 Å². The van der Waals surface area contributed by atoms with Crippen molar-refractivity contribution < 1.29 is 32.8 Å². The van der Waals surface area contributed by atoms with Crippen LogP contribution in [0, 0.1) is 35.5 Å². The molecule has 9 nitrogen and oxygen atoms in total. The second-order valence-corrected chi connectivity index (χ2v) is 11.7. The summed E-state index contributed by atoms with van der Waals surface area (Å²) in [7, 11) is -1.40. The fourth-order valence-electron chi connectivity index (χ4n) is 4.44. The number of esters is 1. The number of nitrogens with zero attached hydrogens (tertiary/aromatic N) is 2. The van der Waals surface area contributed by atoms with Crippen LogP contribution in [-0.4, -0.2) is 74.3 Å². The average molecular weight is 577 g/mol. The summed E-state index contributed by atoms with van der Waals surface area (Å²) in [6.45, 7) is 13.9. The van der Waals surface area contributed by atoms with E-state index < -0.39 is 26.9 Å². The van der Waals surface area contributed by atoms with Gasteiger partial charge in [-0.2, -0.15) is 5.26 Å². The molecule has 1 aliphatic heterocycles. The predicted octanol–water partition coefficient (Wildman–Crippen LogP) is 5.56. The molecule has 0 amide bonds. The lowest BCUT2D eigenvalue weighted by Crippen LogP contribution is -2.53. The first-order valence-electron chi connectivity index (χ1n) is 14.0. The van der Waals surface area contributed by atoms with E-state index >= 15 is 0 Å². The molecule has 222 valence electrons. The van der Waals surface area contributed by atoms with Gasteiger partial charge in [0.25, 0.3) is 8.53 Å². The van der Waals surface area contributed by atoms with E-state index in [0.29, 0.717) is 31.8 Å². The third-order valence-electron chi connectivity index (χ3n) is 6.67. The minimum absolute atomic E-state index is 0.0440. The molecule has 0 bridgehead atoms. The third kappa shape index (κ3) is 10.7. The van der Waals surface area contributed by atoms with E-state index in [9.17, 15) is 4.79 Å². The molecule has 1 aromatic carbocycles. The number of carbonyl (C=O) groups is 1. The van der Waals surface area contributed by atoms with Crippen molar-refractivity contribution in [1.29, 1.82) is 5.26 Å². The first-order valence-corrected chi connectivity index (χ1v) is 15.1. The van der Waals surface area contributed by atoms with Gasteiger partial charge in [-0.15, -0.1) is 12.3 Å². The summed E-state index contributed by atoms with van der Waals surface area (Å²) in [5.41, 5.74) is 0.465. The van der Waals surface area contributed by atoms with Gasteiger partial charge in [-0.05, 0) is 45.7 Å². The molecule has 1 aliphatic rings. The van der Waals surface area contributed by atoms with E-state index in [4.69, 9.17) is 39.7 Å². The van der Waals surface area contributed by atoms with Crippen molar-refractivity contribution in [3.63, 3.8) is 0 Å². The molecular weight excluding hydrogens is 531 g/mol. The van der Waals surface area contributed by atoms with E-state index in [1.165, 1.54) is 0 Å². The fourth-order valence-corrected chi connectivity index (χ4v) is 6.01. The second kappa shape index (κ2) is 18.4. The first-order chi connectivity index (χ1) is 19.2. The van der Waals surface area contributed by atoms with E-state index in [-0.39, 0.29) is 49.7 Å². The van der Waals surface area contributed by atoms with Crippen LogP contribution in [0.3, 0.4) is 0 Å². The highest BCUT2D eigenvalue weighted by atomic mass is 31.2. The predicted molar refractivity (Wildman–Crippen MR) is 154 cm³/mol. The SMILES string of the molecule is C#CCCOCC1OC(OCCOP(OCCC#N)N(C(C)C)C(C)C)C(OC(=O)c2ccccc2)C(C)C1C. The number of benzene rings is 1. The van der Waals surface area contributed by atoms with Gasteiger partial charge in [0, 0.05) is 24.4 Å². The molecule has 40 heavy (non-hydrogen) atoms. The molecule has 0 aliphatic carbocycles. The van der Waals surface area contributed by atoms with Gasteiger partial charge >= 0.3 is 5.97 Å². The van der Waals surface area contributed by atoms with Crippen LogP contribution in [0.4, 0.5) is 0 Å². The summed E-state index contributed by atoms with van der Waals surface area (Å²) in [4.78, 5) is 12.9. The Bertz CT molecular complexity index is 942. The summed E-state index contributed by atoms with van der Waals surface area (Å²) in [6.07, 6.45) is 4.46. The Morgan fingerprint density at radius 2 is 1.70 bits per heavy atom. The van der Waals surface area contributed by atoms with Crippen LogP contribution in [0.2, 0.25) is 0 Å². The zero-order valence-electron chi connectivity index (χ0n) is 24.7. The number of ether oxygens (including phenoxy) is 4. The van der Waals surface area contributed by atoms with Crippen LogP contribution < -0.4 is 0 Å². The number of hydrogen-bond acceptors (Lipinski definition) is 9. The summed E-state index contributed by atoms with van der Waals surface area (Å²) in [5.74, 6) is 2.13. The number of nitriles is 1. The smallest absolute Gasteiger partial charge is 0.338 e. The molecule has 0 saturated carbocycles. The number of terminal acetylenes is 1. The number of rotatable bonds is 17. The zero-order chi connectivity index (χ0) is 29.5. The van der Waals surface area contributed by atoms with Crippen molar-refractivity contribution in [1.82, 2.24) is 4.67 Å². The van der Waals surface area contributed by atoms with Gasteiger partial charge in [-0.1, -0.05) is 32.0 Å². The maximum Gasteiger partial charge on any atom is 0.338 e. The maximum absolute atomic E-state index is 12.9. The summed E-state index contributed by atoms with van der Waals surface area (Å²) in [5, 5.41) is 8.93. The average Bonchev–Trinajstić information content (AvgIpc) is 2.93. The van der Waals surface area contributed by atoms with Crippen molar-refractivity contribution in [3.8, 4) is 18.4 Å². The molecule has 0 radical (unpaired) electrons. The van der Waals surface area contributed by atoms with Gasteiger partial charge in [0.15, 0.2) is 12.4 Å². The molecule has 0 N–H and O–H groups in total. The monoisotopic (exact) mass is 576 g/mol. The maximum atomic E-state index is 12.9. The Morgan fingerprint density at radius 1 is 1.02 bits per heavy atom. The number of hydrogen-bond donors (Lipinski definition) is 0. The minimum atomic E-state index is -1.40. The van der Waals surface area contributed by atoms with Crippen LogP contribution in [0.25, 0.3) is 0 Å². The quantitative estimate of drug-likeness (QED) is 0.102. The van der Waals surface area contributed by atoms with E-state index in [2.05, 4.69) is 51.3 Å². The Labute approximate surface area is 241 Å². The van der Waals surface area contributed by atoms with Crippen LogP contribution in [0.15, 0.2) is 30.3 Å². The highest BCUT2D eigenvalue weighted by Gasteiger charge is 2.44. The Balaban J connectivity index is 2.09. The Morgan fingerprint density at radius 3 is 2.33 bits per heavy atom. The molecule has 1 saturated heterocycles. The highest BCUT2D eigenvalue weighted by molar-refractivity contribution is 7.44. The number of carbonyl (C=O) groups excluding carboxylic acids is 1. The van der Waals surface area contributed by atoms with Crippen LogP contribution >= 0.6 is 8.53 Å². The topological polar surface area (TPSA) is 99.5 Å². The molecular formula is C30H45N2O7P. The van der Waals surface area contributed by atoms with Crippen molar-refractivity contribution in [2.24, 2.45) is 11.8 Å². The van der Waals surface area contributed by atoms with Crippen molar-refractivity contribution >= 4 is 14.5 Å². The third-order valence-corrected chi connectivity index (χ3v) is 8.77. The molecule has 0 spiro atoms. The molecule has 1 heterocycles. The van der Waals surface area contributed by atoms with Crippen LogP contribution in [-0.2, 0) is 28.0 Å². The van der Waals surface area contributed by atoms with Crippen molar-refractivity contribution in [2.45, 2.75) is 85.0 Å².